The molecule has 1 aromatic heterocycles. The second kappa shape index (κ2) is 8.70. The molecule has 5 atom stereocenters. The first kappa shape index (κ1) is 22.3. The van der Waals surface area contributed by atoms with Gasteiger partial charge in [-0.2, -0.15) is 5.10 Å². The maximum absolute atomic E-state index is 13.4. The van der Waals surface area contributed by atoms with E-state index < -0.39 is 6.04 Å². The maximum Gasteiger partial charge on any atom is 0.245 e. The third-order valence-corrected chi connectivity index (χ3v) is 7.43. The van der Waals surface area contributed by atoms with E-state index in [9.17, 15) is 14.4 Å². The van der Waals surface area contributed by atoms with Gasteiger partial charge in [-0.15, -0.1) is 0 Å². The average Bonchev–Trinajstić information content (AvgIpc) is 3.40. The van der Waals surface area contributed by atoms with Gasteiger partial charge < -0.3 is 10.2 Å². The lowest BCUT2D eigenvalue weighted by Crippen LogP contribution is -2.49. The minimum atomic E-state index is -0.506. The third-order valence-electron chi connectivity index (χ3n) is 7.43. The largest absolute Gasteiger partial charge is 0.351 e. The van der Waals surface area contributed by atoms with E-state index in [0.717, 1.165) is 17.3 Å². The van der Waals surface area contributed by atoms with Crippen molar-refractivity contribution in [1.82, 2.24) is 20.0 Å². The first-order valence-electron chi connectivity index (χ1n) is 12.0. The Morgan fingerprint density at radius 3 is 2.47 bits per heavy atom. The summed E-state index contributed by atoms with van der Waals surface area (Å²) in [6.45, 7) is 6.13. The number of nitrogens with one attached hydrogen (secondary N) is 1. The Balaban J connectivity index is 1.32. The molecule has 1 N–H and O–H groups in total. The summed E-state index contributed by atoms with van der Waals surface area (Å²) >= 11 is 0. The van der Waals surface area contributed by atoms with Crippen molar-refractivity contribution in [2.24, 2.45) is 11.8 Å². The van der Waals surface area contributed by atoms with E-state index in [1.54, 1.807) is 9.58 Å². The Morgan fingerprint density at radius 1 is 1.03 bits per heavy atom. The van der Waals surface area contributed by atoms with Crippen LogP contribution in [0.2, 0.25) is 0 Å². The van der Waals surface area contributed by atoms with Gasteiger partial charge in [0.25, 0.3) is 0 Å². The molecule has 2 amide bonds. The van der Waals surface area contributed by atoms with Gasteiger partial charge >= 0.3 is 0 Å². The second-order valence-electron chi connectivity index (χ2n) is 9.77. The Bertz CT molecular complexity index is 1250. The van der Waals surface area contributed by atoms with E-state index in [2.05, 4.69) is 29.5 Å². The lowest BCUT2D eigenvalue weighted by Gasteiger charge is -2.26. The summed E-state index contributed by atoms with van der Waals surface area (Å²) in [6.07, 6.45) is 0.924. The van der Waals surface area contributed by atoms with Gasteiger partial charge in [0.05, 0.1) is 5.52 Å². The lowest BCUT2D eigenvalue weighted by molar-refractivity contribution is -0.139. The minimum Gasteiger partial charge on any atom is -0.351 e. The molecule has 2 aromatic carbocycles. The molecule has 5 rings (SSSR count). The Labute approximate surface area is 199 Å². The number of Topliss-reactive ketones (excluding diaryl/α,β-unsaturated/α-hetero) is 1. The molecular formula is C27H30N4O3. The summed E-state index contributed by atoms with van der Waals surface area (Å²) in [4.78, 5) is 40.5. The zero-order valence-corrected chi connectivity index (χ0v) is 19.8. The Kier molecular flexibility index (Phi) is 5.71. The zero-order valence-electron chi connectivity index (χ0n) is 19.8. The highest BCUT2D eigenvalue weighted by molar-refractivity contribution is 6.05. The van der Waals surface area contributed by atoms with Gasteiger partial charge in [0.15, 0.2) is 5.78 Å². The van der Waals surface area contributed by atoms with Crippen LogP contribution in [0.4, 0.5) is 0 Å². The number of nitrogens with zero attached hydrogens (tertiary/aromatic N) is 3. The topological polar surface area (TPSA) is 84.3 Å². The predicted molar refractivity (Wildman–Crippen MR) is 129 cm³/mol. The number of amides is 2. The smallest absolute Gasteiger partial charge is 0.245 e. The van der Waals surface area contributed by atoms with Crippen molar-refractivity contribution in [2.75, 3.05) is 6.54 Å². The van der Waals surface area contributed by atoms with Gasteiger partial charge in [-0.1, -0.05) is 62.4 Å². The van der Waals surface area contributed by atoms with Crippen LogP contribution in [0.1, 0.15) is 49.2 Å². The Hall–Kier alpha value is -3.48. The van der Waals surface area contributed by atoms with E-state index >= 15 is 0 Å². The minimum absolute atomic E-state index is 0.00686. The maximum atomic E-state index is 13.4. The molecule has 7 heteroatoms. The molecule has 176 valence electrons. The molecule has 3 aromatic rings. The van der Waals surface area contributed by atoms with Crippen LogP contribution in [0.5, 0.6) is 0 Å². The molecule has 0 unspecified atom stereocenters. The van der Waals surface area contributed by atoms with E-state index in [1.165, 1.54) is 12.5 Å². The number of aromatic nitrogens is 2. The molecule has 34 heavy (non-hydrogen) atoms. The van der Waals surface area contributed by atoms with E-state index in [0.29, 0.717) is 18.2 Å². The van der Waals surface area contributed by atoms with Crippen LogP contribution >= 0.6 is 0 Å². The van der Waals surface area contributed by atoms with Crippen molar-refractivity contribution < 1.29 is 14.4 Å². The van der Waals surface area contributed by atoms with Crippen LogP contribution < -0.4 is 5.32 Å². The van der Waals surface area contributed by atoms with E-state index in [1.807, 2.05) is 49.4 Å². The average molecular weight is 459 g/mol. The first-order valence-corrected chi connectivity index (χ1v) is 12.0. The number of para-hydroxylation sites is 1. The lowest BCUT2D eigenvalue weighted by atomic mass is 9.93. The van der Waals surface area contributed by atoms with Crippen LogP contribution in [0.3, 0.4) is 0 Å². The summed E-state index contributed by atoms with van der Waals surface area (Å²) < 4.78 is 1.59. The molecule has 1 aliphatic heterocycles. The van der Waals surface area contributed by atoms with E-state index in [-0.39, 0.29) is 42.0 Å². The number of likely N-dealkylation sites (tertiary alicyclic amines) is 1. The van der Waals surface area contributed by atoms with Gasteiger partial charge in [0, 0.05) is 30.8 Å². The summed E-state index contributed by atoms with van der Waals surface area (Å²) in [6, 6.07) is 17.2. The summed E-state index contributed by atoms with van der Waals surface area (Å²) in [5.74, 6) is 0.230. The number of carbonyl (C=O) groups excluding carboxylic acids is 3. The number of hydrogen-bond donors (Lipinski definition) is 1. The SMILES string of the molecule is CC(=O)c1nn(CC(=O)N2C[C@@H](C)[C@@H](C)[C@H]2C(=O)N[C@H]2C[C@@H]2c2ccccc2)c2ccccc12. The molecule has 0 bridgehead atoms. The fourth-order valence-electron chi connectivity index (χ4n) is 5.24. The quantitative estimate of drug-likeness (QED) is 0.574. The first-order chi connectivity index (χ1) is 16.3. The number of carbonyl (C=O) groups is 3. The number of ketones is 1. The normalized spacial score (nSPS) is 26.0. The molecule has 1 aliphatic carbocycles. The molecular weight excluding hydrogens is 428 g/mol. The van der Waals surface area contributed by atoms with Gasteiger partial charge in [-0.25, -0.2) is 0 Å². The van der Waals surface area contributed by atoms with Gasteiger partial charge in [-0.3, -0.25) is 19.1 Å². The summed E-state index contributed by atoms with van der Waals surface area (Å²) in [7, 11) is 0. The summed E-state index contributed by atoms with van der Waals surface area (Å²) in [5.41, 5.74) is 2.34. The molecule has 7 nitrogen and oxygen atoms in total. The second-order valence-corrected chi connectivity index (χ2v) is 9.77. The van der Waals surface area contributed by atoms with Crippen molar-refractivity contribution in [3.63, 3.8) is 0 Å². The van der Waals surface area contributed by atoms with Crippen LogP contribution in [0.15, 0.2) is 54.6 Å². The van der Waals surface area contributed by atoms with Crippen LogP contribution in [0, 0.1) is 11.8 Å². The van der Waals surface area contributed by atoms with Crippen LogP contribution in [0.25, 0.3) is 10.9 Å². The molecule has 2 fully saturated rings. The molecule has 2 aliphatic rings. The van der Waals surface area contributed by atoms with Gasteiger partial charge in [0.2, 0.25) is 11.8 Å². The molecule has 2 heterocycles. The van der Waals surface area contributed by atoms with Crippen molar-refractivity contribution >= 4 is 28.5 Å². The highest BCUT2D eigenvalue weighted by Crippen LogP contribution is 2.41. The van der Waals surface area contributed by atoms with Crippen LogP contribution in [-0.2, 0) is 16.1 Å². The molecule has 0 radical (unpaired) electrons. The van der Waals surface area contributed by atoms with Crippen molar-refractivity contribution in [2.45, 2.75) is 51.7 Å². The highest BCUT2D eigenvalue weighted by atomic mass is 16.2. The standard InChI is InChI=1S/C27H30N4O3/c1-16-14-30(24(33)15-31-23-12-8-7-11-20(23)25(29-31)18(3)32)26(17(16)2)27(34)28-22-13-21(22)19-9-5-4-6-10-19/h4-12,16-17,21-22,26H,13-15H2,1-3H3,(H,28,34)/t16-,17-,21-,22+,26+/m1/s1. The highest BCUT2D eigenvalue weighted by Gasteiger charge is 2.47. The molecule has 1 saturated carbocycles. The van der Waals surface area contributed by atoms with Gasteiger partial charge in [-0.05, 0) is 29.9 Å². The van der Waals surface area contributed by atoms with Crippen molar-refractivity contribution in [3.05, 3.63) is 65.9 Å². The number of rotatable bonds is 6. The predicted octanol–water partition coefficient (Wildman–Crippen LogP) is 3.39. The number of fused-ring (bicyclic) bond motifs is 1. The third kappa shape index (κ3) is 4.00. The molecule has 1 saturated heterocycles. The molecule has 0 spiro atoms. The van der Waals surface area contributed by atoms with Crippen molar-refractivity contribution in [1.29, 1.82) is 0 Å². The summed E-state index contributed by atoms with van der Waals surface area (Å²) in [5, 5.41) is 8.36. The fourth-order valence-corrected chi connectivity index (χ4v) is 5.24. The monoisotopic (exact) mass is 458 g/mol. The number of benzene rings is 2. The van der Waals surface area contributed by atoms with Gasteiger partial charge in [0.1, 0.15) is 18.3 Å². The zero-order chi connectivity index (χ0) is 24.0. The van der Waals surface area contributed by atoms with Crippen molar-refractivity contribution in [3.8, 4) is 0 Å². The van der Waals surface area contributed by atoms with E-state index in [4.69, 9.17) is 0 Å². The van der Waals surface area contributed by atoms with Crippen LogP contribution in [-0.4, -0.2) is 50.9 Å². The number of hydrogen-bond acceptors (Lipinski definition) is 4. The fraction of sp³-hybridized carbons (Fsp3) is 0.407. The Morgan fingerprint density at radius 2 is 1.74 bits per heavy atom.